The summed E-state index contributed by atoms with van der Waals surface area (Å²) in [7, 11) is 0. The number of nitrogens with zero attached hydrogens (tertiary/aromatic N) is 1. The summed E-state index contributed by atoms with van der Waals surface area (Å²) in [5, 5.41) is 13.6. The molecule has 0 aliphatic carbocycles. The number of carbonyl (C=O) groups excluding carboxylic acids is 2. The zero-order valence-electron chi connectivity index (χ0n) is 16.4. The lowest BCUT2D eigenvalue weighted by molar-refractivity contribution is -0.156. The van der Waals surface area contributed by atoms with Gasteiger partial charge in [-0.15, -0.1) is 0 Å². The van der Waals surface area contributed by atoms with Gasteiger partial charge in [0.25, 0.3) is 5.56 Å². The molecule has 1 aromatic heterocycles. The first kappa shape index (κ1) is 22.8. The lowest BCUT2D eigenvalue weighted by Gasteiger charge is -2.25. The highest BCUT2D eigenvalue weighted by Gasteiger charge is 2.27. The van der Waals surface area contributed by atoms with Gasteiger partial charge in [0.2, 0.25) is 5.91 Å². The second-order valence-electron chi connectivity index (χ2n) is 7.67. The number of carbonyl (C=O) groups is 2. The van der Waals surface area contributed by atoms with Gasteiger partial charge in [0.05, 0.1) is 12.5 Å². The van der Waals surface area contributed by atoms with Gasteiger partial charge in [-0.25, -0.2) is 4.39 Å². The van der Waals surface area contributed by atoms with Crippen LogP contribution in [0, 0.1) is 0 Å². The molecule has 0 saturated heterocycles. The highest BCUT2D eigenvalue weighted by molar-refractivity contribution is 6.31. The third-order valence-corrected chi connectivity index (χ3v) is 4.27. The Morgan fingerprint density at radius 1 is 1.31 bits per heavy atom. The molecule has 0 aliphatic heterocycles. The SMILES string of the molecule is CC(C)(C)OC(=O)CC(NC(=O)Cn1ccc2ccc(Cl)cc2c1=O)C(O)CF. The molecule has 2 rings (SSSR count). The van der Waals surface area contributed by atoms with E-state index in [1.807, 2.05) is 0 Å². The second-order valence-corrected chi connectivity index (χ2v) is 8.10. The van der Waals surface area contributed by atoms with Gasteiger partial charge in [-0.05, 0) is 44.4 Å². The zero-order chi connectivity index (χ0) is 21.8. The smallest absolute Gasteiger partial charge is 0.308 e. The van der Waals surface area contributed by atoms with E-state index in [4.69, 9.17) is 16.3 Å². The number of pyridine rings is 1. The first-order chi connectivity index (χ1) is 13.5. The summed E-state index contributed by atoms with van der Waals surface area (Å²) in [4.78, 5) is 36.9. The number of halogens is 2. The first-order valence-electron chi connectivity index (χ1n) is 9.04. The van der Waals surface area contributed by atoms with Gasteiger partial charge in [-0.1, -0.05) is 17.7 Å². The summed E-state index contributed by atoms with van der Waals surface area (Å²) in [6.07, 6.45) is -0.540. The van der Waals surface area contributed by atoms with Crippen LogP contribution >= 0.6 is 11.6 Å². The number of benzene rings is 1. The number of esters is 1. The zero-order valence-corrected chi connectivity index (χ0v) is 17.2. The van der Waals surface area contributed by atoms with E-state index in [2.05, 4.69) is 5.32 Å². The van der Waals surface area contributed by atoms with Crippen LogP contribution in [0.2, 0.25) is 5.02 Å². The molecule has 29 heavy (non-hydrogen) atoms. The maximum absolute atomic E-state index is 13.0. The fourth-order valence-corrected chi connectivity index (χ4v) is 2.91. The fraction of sp³-hybridized carbons (Fsp3) is 0.450. The molecule has 1 aromatic carbocycles. The van der Waals surface area contributed by atoms with Crippen molar-refractivity contribution in [1.82, 2.24) is 9.88 Å². The molecule has 0 bridgehead atoms. The Bertz CT molecular complexity index is 954. The molecule has 0 fully saturated rings. The van der Waals surface area contributed by atoms with Gasteiger partial charge in [-0.3, -0.25) is 14.4 Å². The minimum Gasteiger partial charge on any atom is -0.460 e. The Kier molecular flexibility index (Phi) is 7.37. The van der Waals surface area contributed by atoms with Crippen LogP contribution in [-0.2, 0) is 20.9 Å². The summed E-state index contributed by atoms with van der Waals surface area (Å²) in [5.41, 5.74) is -1.18. The van der Waals surface area contributed by atoms with Crippen molar-refractivity contribution in [3.63, 3.8) is 0 Å². The van der Waals surface area contributed by atoms with Crippen molar-refractivity contribution in [3.05, 3.63) is 45.8 Å². The van der Waals surface area contributed by atoms with Gasteiger partial charge in [0, 0.05) is 16.6 Å². The van der Waals surface area contributed by atoms with Gasteiger partial charge < -0.3 is 19.7 Å². The Balaban J connectivity index is 2.13. The number of nitrogens with one attached hydrogen (secondary N) is 1. The van der Waals surface area contributed by atoms with Crippen molar-refractivity contribution in [1.29, 1.82) is 0 Å². The number of amides is 1. The molecule has 1 heterocycles. The van der Waals surface area contributed by atoms with Gasteiger partial charge in [-0.2, -0.15) is 0 Å². The highest BCUT2D eigenvalue weighted by Crippen LogP contribution is 2.16. The third kappa shape index (κ3) is 6.54. The normalized spacial score (nSPS) is 13.7. The van der Waals surface area contributed by atoms with Crippen molar-refractivity contribution in [2.45, 2.75) is 51.5 Å². The van der Waals surface area contributed by atoms with Crippen molar-refractivity contribution in [3.8, 4) is 0 Å². The minimum absolute atomic E-state index is 0.349. The number of alkyl halides is 1. The highest BCUT2D eigenvalue weighted by atomic mass is 35.5. The predicted octanol–water partition coefficient (Wildman–Crippen LogP) is 2.20. The van der Waals surface area contributed by atoms with Crippen LogP contribution in [0.15, 0.2) is 35.3 Å². The summed E-state index contributed by atoms with van der Waals surface area (Å²) in [6, 6.07) is 5.33. The molecular weight excluding hydrogens is 403 g/mol. The van der Waals surface area contributed by atoms with E-state index < -0.39 is 48.3 Å². The van der Waals surface area contributed by atoms with Crippen LogP contribution in [0.3, 0.4) is 0 Å². The maximum atomic E-state index is 13.0. The average Bonchev–Trinajstić information content (AvgIpc) is 2.61. The van der Waals surface area contributed by atoms with E-state index in [9.17, 15) is 23.9 Å². The quantitative estimate of drug-likeness (QED) is 0.661. The molecule has 158 valence electrons. The molecule has 0 saturated carbocycles. The molecule has 0 radical (unpaired) electrons. The molecule has 2 unspecified atom stereocenters. The molecule has 2 atom stereocenters. The number of rotatable bonds is 7. The minimum atomic E-state index is -1.58. The molecule has 1 amide bonds. The van der Waals surface area contributed by atoms with E-state index in [1.54, 1.807) is 39.0 Å². The van der Waals surface area contributed by atoms with Crippen molar-refractivity contribution >= 4 is 34.2 Å². The third-order valence-electron chi connectivity index (χ3n) is 4.03. The number of aromatic nitrogens is 1. The molecule has 2 N–H and O–H groups in total. The fourth-order valence-electron chi connectivity index (χ4n) is 2.74. The Hall–Kier alpha value is -2.45. The number of aliphatic hydroxyl groups excluding tert-OH is 1. The number of fused-ring (bicyclic) bond motifs is 1. The lowest BCUT2D eigenvalue weighted by atomic mass is 10.1. The second kappa shape index (κ2) is 9.37. The van der Waals surface area contributed by atoms with Gasteiger partial charge in [0.1, 0.15) is 24.9 Å². The predicted molar refractivity (Wildman–Crippen MR) is 108 cm³/mol. The van der Waals surface area contributed by atoms with E-state index in [0.29, 0.717) is 15.8 Å². The van der Waals surface area contributed by atoms with Crippen LogP contribution in [0.1, 0.15) is 27.2 Å². The van der Waals surface area contributed by atoms with Crippen LogP contribution in [-0.4, -0.2) is 46.0 Å². The number of hydrogen-bond acceptors (Lipinski definition) is 5. The van der Waals surface area contributed by atoms with E-state index in [0.717, 1.165) is 0 Å². The standard InChI is InChI=1S/C20H24ClFN2O5/c1-20(2,3)29-18(27)9-15(16(25)10-22)23-17(26)11-24-7-6-12-4-5-13(21)8-14(12)19(24)28/h4-8,15-16,25H,9-11H2,1-3H3,(H,23,26). The number of hydrogen-bond donors (Lipinski definition) is 2. The van der Waals surface area contributed by atoms with E-state index >= 15 is 0 Å². The lowest BCUT2D eigenvalue weighted by Crippen LogP contribution is -2.47. The summed E-state index contributed by atoms with van der Waals surface area (Å²) < 4.78 is 19.3. The largest absolute Gasteiger partial charge is 0.460 e. The van der Waals surface area contributed by atoms with Crippen molar-refractivity contribution < 1.29 is 23.8 Å². The summed E-state index contributed by atoms with van der Waals surface area (Å²) in [6.45, 7) is 3.49. The van der Waals surface area contributed by atoms with Crippen LogP contribution in [0.4, 0.5) is 4.39 Å². The van der Waals surface area contributed by atoms with Crippen molar-refractivity contribution in [2.75, 3.05) is 6.67 Å². The summed E-state index contributed by atoms with van der Waals surface area (Å²) >= 11 is 5.93. The van der Waals surface area contributed by atoms with E-state index in [-0.39, 0.29) is 6.54 Å². The Morgan fingerprint density at radius 2 is 2.00 bits per heavy atom. The molecule has 2 aromatic rings. The van der Waals surface area contributed by atoms with Gasteiger partial charge in [0.15, 0.2) is 0 Å². The molecule has 9 heteroatoms. The average molecular weight is 427 g/mol. The van der Waals surface area contributed by atoms with Gasteiger partial charge >= 0.3 is 5.97 Å². The van der Waals surface area contributed by atoms with Crippen molar-refractivity contribution in [2.24, 2.45) is 0 Å². The van der Waals surface area contributed by atoms with Crippen LogP contribution in [0.5, 0.6) is 0 Å². The Morgan fingerprint density at radius 3 is 2.62 bits per heavy atom. The molecule has 0 spiro atoms. The Labute approximate surface area is 172 Å². The monoisotopic (exact) mass is 426 g/mol. The van der Waals surface area contributed by atoms with E-state index in [1.165, 1.54) is 16.8 Å². The summed E-state index contributed by atoms with van der Waals surface area (Å²) in [5.74, 6) is -1.35. The van der Waals surface area contributed by atoms with Crippen LogP contribution < -0.4 is 10.9 Å². The number of ether oxygens (including phenoxy) is 1. The number of aliphatic hydroxyl groups is 1. The molecular formula is C20H24ClFN2O5. The van der Waals surface area contributed by atoms with Crippen LogP contribution in [0.25, 0.3) is 10.8 Å². The maximum Gasteiger partial charge on any atom is 0.308 e. The molecule has 0 aliphatic rings. The topological polar surface area (TPSA) is 97.6 Å². The molecule has 7 nitrogen and oxygen atoms in total. The first-order valence-corrected chi connectivity index (χ1v) is 9.42.